The molecule has 6 nitrogen and oxygen atoms in total. The zero-order valence-corrected chi connectivity index (χ0v) is 16.7. The molecular formula is C19H19ClN4O2S. The molecule has 0 atom stereocenters. The lowest BCUT2D eigenvalue weighted by Crippen LogP contribution is -2.25. The Morgan fingerprint density at radius 3 is 2.93 bits per heavy atom. The quantitative estimate of drug-likeness (QED) is 0.725. The van der Waals surface area contributed by atoms with Crippen LogP contribution in [0.4, 0.5) is 0 Å². The number of halogens is 1. The summed E-state index contributed by atoms with van der Waals surface area (Å²) in [7, 11) is 3.69. The van der Waals surface area contributed by atoms with E-state index >= 15 is 0 Å². The fourth-order valence-electron chi connectivity index (χ4n) is 3.45. The smallest absolute Gasteiger partial charge is 0.286 e. The van der Waals surface area contributed by atoms with Crippen LogP contribution in [-0.2, 0) is 19.4 Å². The first-order valence-electron chi connectivity index (χ1n) is 8.58. The molecule has 0 radical (unpaired) electrons. The molecule has 3 aromatic rings. The zero-order valence-electron chi connectivity index (χ0n) is 15.1. The molecule has 140 valence electrons. The minimum absolute atomic E-state index is 0.0593. The highest BCUT2D eigenvalue weighted by Crippen LogP contribution is 2.36. The van der Waals surface area contributed by atoms with Gasteiger partial charge < -0.3 is 15.4 Å². The average Bonchev–Trinajstić information content (AvgIpc) is 2.99. The maximum atomic E-state index is 11.7. The molecule has 0 spiro atoms. The maximum absolute atomic E-state index is 11.7. The Morgan fingerprint density at radius 1 is 1.41 bits per heavy atom. The van der Waals surface area contributed by atoms with E-state index < -0.39 is 5.91 Å². The first kappa shape index (κ1) is 18.2. The van der Waals surface area contributed by atoms with Gasteiger partial charge in [-0.2, -0.15) is 0 Å². The Hall–Kier alpha value is -2.22. The van der Waals surface area contributed by atoms with Crippen LogP contribution in [0.25, 0.3) is 10.2 Å². The normalized spacial score (nSPS) is 14.3. The SMILES string of the molecule is COc1ccc(Cc2nc(C(N)=O)nc3sc4c(c23)CCN(C)C4)cc1Cl. The standard InChI is InChI=1S/C19H19ClN4O2S/c1-24-6-5-11-15(9-24)27-19-16(11)13(22-18(23-19)17(21)25)8-10-3-4-14(26-2)12(20)7-10/h3-4,7H,5-6,8-9H2,1-2H3,(H2,21,25). The Bertz CT molecular complexity index is 1050. The summed E-state index contributed by atoms with van der Waals surface area (Å²) < 4.78 is 5.22. The molecular weight excluding hydrogens is 384 g/mol. The third-order valence-electron chi connectivity index (χ3n) is 4.77. The molecule has 3 heterocycles. The van der Waals surface area contributed by atoms with Gasteiger partial charge >= 0.3 is 0 Å². The van der Waals surface area contributed by atoms with Gasteiger partial charge in [-0.1, -0.05) is 17.7 Å². The number of ether oxygens (including phenoxy) is 1. The van der Waals surface area contributed by atoms with Crippen LogP contribution in [0.5, 0.6) is 5.75 Å². The minimum Gasteiger partial charge on any atom is -0.495 e. The number of nitrogens with two attached hydrogens (primary N) is 1. The molecule has 0 bridgehead atoms. The summed E-state index contributed by atoms with van der Waals surface area (Å²) in [5, 5.41) is 1.60. The molecule has 2 aromatic heterocycles. The second kappa shape index (κ2) is 7.07. The predicted molar refractivity (Wildman–Crippen MR) is 107 cm³/mol. The van der Waals surface area contributed by atoms with Gasteiger partial charge in [0, 0.05) is 29.8 Å². The number of carbonyl (C=O) groups excluding carboxylic acids is 1. The Balaban J connectivity index is 1.85. The van der Waals surface area contributed by atoms with Crippen molar-refractivity contribution in [3.8, 4) is 5.75 Å². The van der Waals surface area contributed by atoms with Gasteiger partial charge in [0.25, 0.3) is 5.91 Å². The summed E-state index contributed by atoms with van der Waals surface area (Å²) in [4.78, 5) is 25.0. The largest absolute Gasteiger partial charge is 0.495 e. The zero-order chi connectivity index (χ0) is 19.1. The third-order valence-corrected chi connectivity index (χ3v) is 6.18. The van der Waals surface area contributed by atoms with Gasteiger partial charge in [0.15, 0.2) is 0 Å². The molecule has 0 fully saturated rings. The molecule has 1 aliphatic heterocycles. The average molecular weight is 403 g/mol. The second-order valence-electron chi connectivity index (χ2n) is 6.68. The highest BCUT2D eigenvalue weighted by atomic mass is 35.5. The summed E-state index contributed by atoms with van der Waals surface area (Å²) >= 11 is 7.89. The van der Waals surface area contributed by atoms with Crippen molar-refractivity contribution in [2.45, 2.75) is 19.4 Å². The highest BCUT2D eigenvalue weighted by molar-refractivity contribution is 7.18. The van der Waals surface area contributed by atoms with E-state index in [1.54, 1.807) is 18.4 Å². The summed E-state index contributed by atoms with van der Waals surface area (Å²) in [6.45, 7) is 1.88. The van der Waals surface area contributed by atoms with E-state index in [0.717, 1.165) is 41.0 Å². The van der Waals surface area contributed by atoms with Gasteiger partial charge in [-0.15, -0.1) is 11.3 Å². The molecule has 2 N–H and O–H groups in total. The van der Waals surface area contributed by atoms with Crippen molar-refractivity contribution in [3.05, 3.63) is 50.7 Å². The summed E-state index contributed by atoms with van der Waals surface area (Å²) in [5.74, 6) is 0.0699. The molecule has 0 unspecified atom stereocenters. The number of primary amides is 1. The van der Waals surface area contributed by atoms with Crippen LogP contribution in [0, 0.1) is 0 Å². The van der Waals surface area contributed by atoms with Crippen molar-refractivity contribution in [2.75, 3.05) is 20.7 Å². The van der Waals surface area contributed by atoms with E-state index in [0.29, 0.717) is 17.2 Å². The molecule has 1 aliphatic rings. The van der Waals surface area contributed by atoms with Crippen molar-refractivity contribution in [2.24, 2.45) is 5.73 Å². The maximum Gasteiger partial charge on any atom is 0.286 e. The van der Waals surface area contributed by atoms with Crippen LogP contribution in [0.15, 0.2) is 18.2 Å². The summed E-state index contributed by atoms with van der Waals surface area (Å²) in [6.07, 6.45) is 1.49. The van der Waals surface area contributed by atoms with Gasteiger partial charge in [-0.25, -0.2) is 9.97 Å². The number of amides is 1. The fraction of sp³-hybridized carbons (Fsp3) is 0.316. The van der Waals surface area contributed by atoms with Crippen LogP contribution in [0.2, 0.25) is 5.02 Å². The molecule has 8 heteroatoms. The number of nitrogens with zero attached hydrogens (tertiary/aromatic N) is 3. The van der Waals surface area contributed by atoms with Crippen LogP contribution in [-0.4, -0.2) is 41.5 Å². The van der Waals surface area contributed by atoms with Crippen LogP contribution in [0.1, 0.15) is 32.3 Å². The lowest BCUT2D eigenvalue weighted by molar-refractivity contribution is 0.0990. The molecule has 0 saturated carbocycles. The van der Waals surface area contributed by atoms with Crippen molar-refractivity contribution in [1.82, 2.24) is 14.9 Å². The minimum atomic E-state index is -0.616. The Kier molecular flexibility index (Phi) is 4.75. The number of aromatic nitrogens is 2. The van der Waals surface area contributed by atoms with Crippen LogP contribution >= 0.6 is 22.9 Å². The predicted octanol–water partition coefficient (Wildman–Crippen LogP) is 3.03. The van der Waals surface area contributed by atoms with Gasteiger partial charge in [0.05, 0.1) is 17.8 Å². The van der Waals surface area contributed by atoms with Crippen LogP contribution < -0.4 is 10.5 Å². The fourth-order valence-corrected chi connectivity index (χ4v) is 5.05. The molecule has 27 heavy (non-hydrogen) atoms. The van der Waals surface area contributed by atoms with E-state index in [2.05, 4.69) is 21.9 Å². The first-order chi connectivity index (χ1) is 13.0. The lowest BCUT2D eigenvalue weighted by Gasteiger charge is -2.22. The number of hydrogen-bond donors (Lipinski definition) is 1. The summed E-state index contributed by atoms with van der Waals surface area (Å²) in [5.41, 5.74) is 8.57. The lowest BCUT2D eigenvalue weighted by atomic mass is 10.0. The van der Waals surface area contributed by atoms with E-state index in [1.165, 1.54) is 10.4 Å². The first-order valence-corrected chi connectivity index (χ1v) is 9.77. The van der Waals surface area contributed by atoms with E-state index in [4.69, 9.17) is 22.1 Å². The molecule has 1 amide bonds. The van der Waals surface area contributed by atoms with Crippen molar-refractivity contribution in [1.29, 1.82) is 0 Å². The van der Waals surface area contributed by atoms with E-state index in [9.17, 15) is 4.79 Å². The number of benzene rings is 1. The molecule has 0 saturated heterocycles. The Morgan fingerprint density at radius 2 is 2.22 bits per heavy atom. The van der Waals surface area contributed by atoms with Gasteiger partial charge in [-0.05, 0) is 36.7 Å². The van der Waals surface area contributed by atoms with Crippen molar-refractivity contribution >= 4 is 39.1 Å². The van der Waals surface area contributed by atoms with E-state index in [1.807, 2.05) is 18.2 Å². The monoisotopic (exact) mass is 402 g/mol. The number of hydrogen-bond acceptors (Lipinski definition) is 6. The van der Waals surface area contributed by atoms with Crippen molar-refractivity contribution < 1.29 is 9.53 Å². The van der Waals surface area contributed by atoms with Crippen LogP contribution in [0.3, 0.4) is 0 Å². The number of fused-ring (bicyclic) bond motifs is 3. The van der Waals surface area contributed by atoms with Crippen molar-refractivity contribution in [3.63, 3.8) is 0 Å². The number of rotatable bonds is 4. The third kappa shape index (κ3) is 3.38. The van der Waals surface area contributed by atoms with Gasteiger partial charge in [0.2, 0.25) is 5.82 Å². The van der Waals surface area contributed by atoms with Gasteiger partial charge in [-0.3, -0.25) is 4.79 Å². The highest BCUT2D eigenvalue weighted by Gasteiger charge is 2.24. The molecule has 1 aromatic carbocycles. The molecule has 4 rings (SSSR count). The number of methoxy groups -OCH3 is 1. The van der Waals surface area contributed by atoms with Gasteiger partial charge in [0.1, 0.15) is 10.6 Å². The second-order valence-corrected chi connectivity index (χ2v) is 8.17. The number of carbonyl (C=O) groups is 1. The molecule has 0 aliphatic carbocycles. The number of thiophene rings is 1. The topological polar surface area (TPSA) is 81.3 Å². The summed E-state index contributed by atoms with van der Waals surface area (Å²) in [6, 6.07) is 5.66. The number of likely N-dealkylation sites (N-methyl/N-ethyl adjacent to an activating group) is 1. The Labute approximate surface area is 165 Å². The van der Waals surface area contributed by atoms with E-state index in [-0.39, 0.29) is 5.82 Å².